The molecule has 3 fully saturated rings. The lowest BCUT2D eigenvalue weighted by Crippen LogP contribution is -2.40. The van der Waals surface area contributed by atoms with Crippen LogP contribution >= 0.6 is 0 Å². The Morgan fingerprint density at radius 2 is 1.88 bits per heavy atom. The van der Waals surface area contributed by atoms with Crippen molar-refractivity contribution in [1.29, 1.82) is 0 Å². The van der Waals surface area contributed by atoms with Crippen LogP contribution in [0, 0.1) is 17.8 Å². The average molecular weight is 401 g/mol. The lowest BCUT2D eigenvalue weighted by molar-refractivity contribution is -0.119. The maximum absolute atomic E-state index is 12.7. The Kier molecular flexibility index (Phi) is 5.75. The van der Waals surface area contributed by atoms with E-state index < -0.39 is 32.1 Å². The van der Waals surface area contributed by atoms with E-state index in [1.54, 1.807) is 0 Å². The van der Waals surface area contributed by atoms with E-state index in [0.717, 1.165) is 19.3 Å². The third-order valence-electron chi connectivity index (χ3n) is 5.85. The van der Waals surface area contributed by atoms with Crippen molar-refractivity contribution in [2.75, 3.05) is 5.75 Å². The first-order valence-electron chi connectivity index (χ1n) is 8.91. The zero-order valence-corrected chi connectivity index (χ0v) is 15.6. The van der Waals surface area contributed by atoms with Crippen LogP contribution in [-0.2, 0) is 29.7 Å². The van der Waals surface area contributed by atoms with Crippen molar-refractivity contribution in [1.82, 2.24) is 0 Å². The fraction of sp³-hybridized carbons (Fsp3) is 0.938. The van der Waals surface area contributed by atoms with Crippen LogP contribution in [0.2, 0.25) is 0 Å². The molecular formula is C16H24F3O4S2+. The quantitative estimate of drug-likeness (QED) is 0.503. The van der Waals surface area contributed by atoms with Gasteiger partial charge in [-0.2, -0.15) is 21.6 Å². The van der Waals surface area contributed by atoms with Crippen molar-refractivity contribution in [3.63, 3.8) is 0 Å². The SMILES string of the molecule is O=C1CCCCC1[S+](CCC1CC2CCC1C2)OS(=O)(=O)C(F)(F)F. The number of ketones is 1. The number of fused-ring (bicyclic) bond motifs is 2. The molecule has 0 spiro atoms. The molecule has 3 rings (SSSR count). The van der Waals surface area contributed by atoms with Crippen molar-refractivity contribution < 1.29 is 30.0 Å². The molecule has 9 heteroatoms. The predicted molar refractivity (Wildman–Crippen MR) is 89.1 cm³/mol. The Morgan fingerprint density at radius 1 is 1.12 bits per heavy atom. The van der Waals surface area contributed by atoms with Gasteiger partial charge in [-0.25, -0.2) is 0 Å². The summed E-state index contributed by atoms with van der Waals surface area (Å²) >= 11 is -1.51. The highest BCUT2D eigenvalue weighted by Crippen LogP contribution is 2.50. The van der Waals surface area contributed by atoms with Gasteiger partial charge < -0.3 is 0 Å². The topological polar surface area (TPSA) is 60.4 Å². The fourth-order valence-electron chi connectivity index (χ4n) is 4.60. The number of carbonyl (C=O) groups excluding carboxylic acids is 1. The molecule has 0 aromatic heterocycles. The Hall–Kier alpha value is -0.280. The van der Waals surface area contributed by atoms with Gasteiger partial charge in [-0.05, 0) is 59.9 Å². The van der Waals surface area contributed by atoms with Gasteiger partial charge >= 0.3 is 15.6 Å². The average Bonchev–Trinajstić information content (AvgIpc) is 3.13. The first-order chi connectivity index (χ1) is 11.7. The maximum Gasteiger partial charge on any atom is 0.527 e. The van der Waals surface area contributed by atoms with E-state index in [1.807, 2.05) is 0 Å². The zero-order valence-electron chi connectivity index (χ0n) is 14.0. The largest absolute Gasteiger partial charge is 0.527 e. The Morgan fingerprint density at radius 3 is 2.44 bits per heavy atom. The second-order valence-electron chi connectivity index (χ2n) is 7.48. The minimum Gasteiger partial charge on any atom is -0.294 e. The van der Waals surface area contributed by atoms with Gasteiger partial charge in [0.25, 0.3) is 0 Å². The summed E-state index contributed by atoms with van der Waals surface area (Å²) in [7, 11) is -5.67. The lowest BCUT2D eigenvalue weighted by Gasteiger charge is -2.23. The third kappa shape index (κ3) is 4.35. The molecular weight excluding hydrogens is 377 g/mol. The molecule has 25 heavy (non-hydrogen) atoms. The molecule has 0 saturated heterocycles. The number of rotatable bonds is 6. The Labute approximate surface area is 149 Å². The van der Waals surface area contributed by atoms with E-state index in [4.69, 9.17) is 0 Å². The summed E-state index contributed by atoms with van der Waals surface area (Å²) in [5, 5.41) is -0.704. The van der Waals surface area contributed by atoms with Gasteiger partial charge in [0, 0.05) is 12.8 Å². The van der Waals surface area contributed by atoms with E-state index in [1.165, 1.54) is 12.8 Å². The van der Waals surface area contributed by atoms with Crippen LogP contribution < -0.4 is 0 Å². The first kappa shape index (κ1) is 19.5. The highest BCUT2D eigenvalue weighted by atomic mass is 32.3. The molecule has 3 aliphatic carbocycles. The van der Waals surface area contributed by atoms with E-state index in [0.29, 0.717) is 43.4 Å². The molecule has 0 amide bonds. The molecule has 3 saturated carbocycles. The van der Waals surface area contributed by atoms with Gasteiger partial charge in [0.15, 0.2) is 17.0 Å². The van der Waals surface area contributed by atoms with E-state index in [-0.39, 0.29) is 11.5 Å². The van der Waals surface area contributed by atoms with Gasteiger partial charge in [-0.3, -0.25) is 4.79 Å². The van der Waals surface area contributed by atoms with Crippen LogP contribution in [0.1, 0.15) is 57.8 Å². The van der Waals surface area contributed by atoms with Crippen LogP contribution in [-0.4, -0.2) is 30.7 Å². The molecule has 0 aliphatic heterocycles. The molecule has 0 aromatic rings. The molecule has 144 valence electrons. The van der Waals surface area contributed by atoms with E-state index in [9.17, 15) is 26.4 Å². The van der Waals surface area contributed by atoms with Crippen LogP contribution in [0.5, 0.6) is 0 Å². The molecule has 5 atom stereocenters. The van der Waals surface area contributed by atoms with Crippen LogP contribution in [0.3, 0.4) is 0 Å². The normalized spacial score (nSPS) is 34.4. The molecule has 2 bridgehead atoms. The summed E-state index contributed by atoms with van der Waals surface area (Å²) in [5.74, 6) is 1.84. The van der Waals surface area contributed by atoms with E-state index in [2.05, 4.69) is 3.63 Å². The zero-order chi connectivity index (χ0) is 18.2. The van der Waals surface area contributed by atoms with Crippen LogP contribution in [0.4, 0.5) is 13.2 Å². The van der Waals surface area contributed by atoms with Crippen LogP contribution in [0.25, 0.3) is 0 Å². The van der Waals surface area contributed by atoms with Crippen molar-refractivity contribution in [2.24, 2.45) is 17.8 Å². The number of Topliss-reactive ketones (excluding diaryl/α,β-unsaturated/α-hetero) is 1. The summed E-state index contributed by atoms with van der Waals surface area (Å²) < 4.78 is 65.8. The number of carbonyl (C=O) groups is 1. The van der Waals surface area contributed by atoms with Crippen molar-refractivity contribution in [2.45, 2.75) is 68.5 Å². The minimum absolute atomic E-state index is 0.153. The highest BCUT2D eigenvalue weighted by molar-refractivity contribution is 8.03. The maximum atomic E-state index is 12.7. The predicted octanol–water partition coefficient (Wildman–Crippen LogP) is 3.72. The second kappa shape index (κ2) is 7.38. The summed E-state index contributed by atoms with van der Waals surface area (Å²) in [5.41, 5.74) is -5.44. The van der Waals surface area contributed by atoms with Gasteiger partial charge in [0.2, 0.25) is 5.25 Å². The summed E-state index contributed by atoms with van der Waals surface area (Å²) in [6.07, 6.45) is 7.47. The monoisotopic (exact) mass is 401 g/mol. The smallest absolute Gasteiger partial charge is 0.294 e. The molecule has 5 unspecified atom stereocenters. The van der Waals surface area contributed by atoms with Crippen molar-refractivity contribution in [3.05, 3.63) is 0 Å². The second-order valence-corrected chi connectivity index (χ2v) is 11.1. The fourth-order valence-corrected chi connectivity index (χ4v) is 8.14. The highest BCUT2D eigenvalue weighted by Gasteiger charge is 2.55. The lowest BCUT2D eigenvalue weighted by atomic mass is 9.87. The van der Waals surface area contributed by atoms with Gasteiger partial charge in [0.1, 0.15) is 5.75 Å². The standard InChI is InChI=1S/C16H24F3O4S2/c17-16(18,19)25(21,22)23-24(15-4-2-1-3-14(15)20)8-7-13-10-11-5-6-12(13)9-11/h11-13,15H,1-10H2/q+1. The third-order valence-corrected chi connectivity index (χ3v) is 9.60. The molecule has 3 aliphatic rings. The summed E-state index contributed by atoms with van der Waals surface area (Å²) in [6, 6.07) is 0. The van der Waals surface area contributed by atoms with Crippen molar-refractivity contribution >= 4 is 27.1 Å². The molecule has 0 heterocycles. The van der Waals surface area contributed by atoms with E-state index >= 15 is 0 Å². The number of halogens is 3. The van der Waals surface area contributed by atoms with Crippen molar-refractivity contribution in [3.8, 4) is 0 Å². The summed E-state index contributed by atoms with van der Waals surface area (Å²) in [6.45, 7) is 0. The molecule has 0 N–H and O–H groups in total. The Bertz CT molecular complexity index is 605. The number of hydrogen-bond acceptors (Lipinski definition) is 4. The van der Waals surface area contributed by atoms with Gasteiger partial charge in [-0.15, -0.1) is 0 Å². The Balaban J connectivity index is 1.69. The summed E-state index contributed by atoms with van der Waals surface area (Å²) in [4.78, 5) is 12.1. The van der Waals surface area contributed by atoms with Gasteiger partial charge in [-0.1, -0.05) is 6.42 Å². The van der Waals surface area contributed by atoms with Gasteiger partial charge in [0.05, 0.1) is 0 Å². The number of hydrogen-bond donors (Lipinski definition) is 0. The molecule has 0 aromatic carbocycles. The number of alkyl halides is 3. The van der Waals surface area contributed by atoms with Crippen LogP contribution in [0.15, 0.2) is 0 Å². The minimum atomic E-state index is -5.67. The molecule has 4 nitrogen and oxygen atoms in total. The molecule has 0 radical (unpaired) electrons. The first-order valence-corrected chi connectivity index (χ1v) is 11.7.